The lowest BCUT2D eigenvalue weighted by atomic mass is 10.6. The SMILES string of the molecule is O=C([O-])c1nc2n(n1)CCS(=O)(=O)N2. The molecule has 0 bridgehead atoms. The number of carbonyl (C=O) groups is 1. The van der Waals surface area contributed by atoms with Crippen molar-refractivity contribution in [2.75, 3.05) is 10.5 Å². The molecule has 0 radical (unpaired) electrons. The number of nitrogens with zero attached hydrogens (tertiary/aromatic N) is 3. The quantitative estimate of drug-likeness (QED) is 0.551. The van der Waals surface area contributed by atoms with Crippen LogP contribution in [0.4, 0.5) is 5.95 Å². The van der Waals surface area contributed by atoms with Crippen molar-refractivity contribution in [2.24, 2.45) is 0 Å². The molecule has 0 aromatic carbocycles. The van der Waals surface area contributed by atoms with E-state index in [2.05, 4.69) is 14.8 Å². The van der Waals surface area contributed by atoms with Crippen LogP contribution in [0.2, 0.25) is 0 Å². The van der Waals surface area contributed by atoms with Crippen LogP contribution in [0.5, 0.6) is 0 Å². The third-order valence-electron chi connectivity index (χ3n) is 1.67. The fourth-order valence-corrected chi connectivity index (χ4v) is 2.00. The highest BCUT2D eigenvalue weighted by atomic mass is 32.2. The van der Waals surface area contributed by atoms with Crippen molar-refractivity contribution in [3.05, 3.63) is 5.82 Å². The van der Waals surface area contributed by atoms with E-state index in [1.54, 1.807) is 0 Å². The maximum atomic E-state index is 11.0. The molecule has 14 heavy (non-hydrogen) atoms. The third kappa shape index (κ3) is 1.41. The molecule has 2 rings (SSSR count). The zero-order valence-electron chi connectivity index (χ0n) is 6.80. The van der Waals surface area contributed by atoms with Crippen LogP contribution in [0.1, 0.15) is 10.6 Å². The lowest BCUT2D eigenvalue weighted by Crippen LogP contribution is -2.28. The summed E-state index contributed by atoms with van der Waals surface area (Å²) in [6, 6.07) is 0. The summed E-state index contributed by atoms with van der Waals surface area (Å²) in [4.78, 5) is 13.8. The summed E-state index contributed by atoms with van der Waals surface area (Å²) in [6.45, 7) is 0.0882. The van der Waals surface area contributed by atoms with Gasteiger partial charge in [-0.05, 0) is 0 Å². The van der Waals surface area contributed by atoms with E-state index < -0.39 is 21.8 Å². The molecule has 76 valence electrons. The Morgan fingerprint density at radius 2 is 2.29 bits per heavy atom. The Bertz CT molecular complexity index is 490. The minimum Gasteiger partial charge on any atom is -0.541 e. The van der Waals surface area contributed by atoms with Crippen molar-refractivity contribution < 1.29 is 18.3 Å². The highest BCUT2D eigenvalue weighted by Crippen LogP contribution is 2.12. The van der Waals surface area contributed by atoms with Crippen molar-refractivity contribution in [1.29, 1.82) is 0 Å². The van der Waals surface area contributed by atoms with Gasteiger partial charge in [0.2, 0.25) is 16.0 Å². The summed E-state index contributed by atoms with van der Waals surface area (Å²) in [5.41, 5.74) is 0. The van der Waals surface area contributed by atoms with Crippen LogP contribution in [0, 0.1) is 0 Å². The Labute approximate surface area is 78.6 Å². The number of nitrogens with one attached hydrogen (secondary N) is 1. The van der Waals surface area contributed by atoms with Crippen LogP contribution in [0.15, 0.2) is 0 Å². The predicted molar refractivity (Wildman–Crippen MR) is 41.8 cm³/mol. The monoisotopic (exact) mass is 217 g/mol. The van der Waals surface area contributed by atoms with E-state index in [1.165, 1.54) is 4.68 Å². The molecule has 2 heterocycles. The molecule has 1 aliphatic heterocycles. The van der Waals surface area contributed by atoms with Crippen LogP contribution in [-0.4, -0.2) is 34.9 Å². The molecular weight excluding hydrogens is 212 g/mol. The van der Waals surface area contributed by atoms with Gasteiger partial charge < -0.3 is 9.90 Å². The number of fused-ring (bicyclic) bond motifs is 1. The number of aromatic nitrogens is 3. The topological polar surface area (TPSA) is 117 Å². The van der Waals surface area contributed by atoms with Gasteiger partial charge >= 0.3 is 0 Å². The van der Waals surface area contributed by atoms with Gasteiger partial charge in [-0.25, -0.2) is 13.1 Å². The molecule has 1 aromatic heterocycles. The van der Waals surface area contributed by atoms with Crippen LogP contribution in [0.3, 0.4) is 0 Å². The number of hydrogen-bond donors (Lipinski definition) is 1. The van der Waals surface area contributed by atoms with Gasteiger partial charge in [-0.15, -0.1) is 5.10 Å². The van der Waals surface area contributed by atoms with Crippen LogP contribution < -0.4 is 9.83 Å². The van der Waals surface area contributed by atoms with E-state index in [0.717, 1.165) is 0 Å². The Hall–Kier alpha value is -1.64. The van der Waals surface area contributed by atoms with E-state index in [9.17, 15) is 18.3 Å². The maximum Gasteiger partial charge on any atom is 0.236 e. The van der Waals surface area contributed by atoms with Crippen molar-refractivity contribution in [2.45, 2.75) is 6.54 Å². The minimum atomic E-state index is -3.40. The first-order valence-electron chi connectivity index (χ1n) is 3.65. The van der Waals surface area contributed by atoms with Gasteiger partial charge in [0.25, 0.3) is 0 Å². The van der Waals surface area contributed by atoms with Gasteiger partial charge in [-0.2, -0.15) is 4.98 Å². The molecule has 1 N–H and O–H groups in total. The molecular formula is C5H5N4O4S-. The molecule has 0 unspecified atom stereocenters. The van der Waals surface area contributed by atoms with Crippen molar-refractivity contribution in [3.63, 3.8) is 0 Å². The van der Waals surface area contributed by atoms with E-state index in [4.69, 9.17) is 0 Å². The largest absolute Gasteiger partial charge is 0.541 e. The summed E-state index contributed by atoms with van der Waals surface area (Å²) in [6.07, 6.45) is 0. The number of carboxylic acid groups (broad SMARTS) is 1. The summed E-state index contributed by atoms with van der Waals surface area (Å²) in [5.74, 6) is -2.29. The second kappa shape index (κ2) is 2.67. The second-order valence-corrected chi connectivity index (χ2v) is 4.53. The Morgan fingerprint density at radius 1 is 1.57 bits per heavy atom. The molecule has 1 aliphatic rings. The van der Waals surface area contributed by atoms with Crippen molar-refractivity contribution in [3.8, 4) is 0 Å². The molecule has 0 atom stereocenters. The van der Waals surface area contributed by atoms with Crippen molar-refractivity contribution >= 4 is 21.9 Å². The van der Waals surface area contributed by atoms with E-state index >= 15 is 0 Å². The maximum absolute atomic E-state index is 11.0. The fraction of sp³-hybridized carbons (Fsp3) is 0.400. The number of sulfonamides is 1. The van der Waals surface area contributed by atoms with Crippen molar-refractivity contribution in [1.82, 2.24) is 14.8 Å². The normalized spacial score (nSPS) is 18.3. The number of rotatable bonds is 1. The summed E-state index contributed by atoms with van der Waals surface area (Å²) in [5, 5.41) is 13.9. The smallest absolute Gasteiger partial charge is 0.236 e. The van der Waals surface area contributed by atoms with Crippen LogP contribution in [-0.2, 0) is 16.6 Å². The number of carboxylic acids is 1. The van der Waals surface area contributed by atoms with E-state index in [1.807, 2.05) is 0 Å². The van der Waals surface area contributed by atoms with Crippen LogP contribution in [0.25, 0.3) is 0 Å². The lowest BCUT2D eigenvalue weighted by molar-refractivity contribution is -0.256. The second-order valence-electron chi connectivity index (χ2n) is 2.69. The van der Waals surface area contributed by atoms with Gasteiger partial charge in [0.1, 0.15) is 5.97 Å². The first-order chi connectivity index (χ1) is 6.48. The fourth-order valence-electron chi connectivity index (χ4n) is 1.06. The van der Waals surface area contributed by atoms with E-state index in [-0.39, 0.29) is 18.2 Å². The lowest BCUT2D eigenvalue weighted by Gasteiger charge is -2.13. The van der Waals surface area contributed by atoms with Gasteiger partial charge in [0.15, 0.2) is 5.82 Å². The molecule has 9 heteroatoms. The zero-order chi connectivity index (χ0) is 10.3. The predicted octanol–water partition coefficient (Wildman–Crippen LogP) is -2.60. The molecule has 8 nitrogen and oxygen atoms in total. The number of carbonyl (C=O) groups excluding carboxylic acids is 1. The molecule has 0 saturated carbocycles. The molecule has 0 amide bonds. The number of hydrogen-bond acceptors (Lipinski definition) is 6. The Morgan fingerprint density at radius 3 is 2.93 bits per heavy atom. The molecule has 0 aliphatic carbocycles. The highest BCUT2D eigenvalue weighted by molar-refractivity contribution is 7.92. The molecule has 0 saturated heterocycles. The third-order valence-corrected chi connectivity index (χ3v) is 2.89. The van der Waals surface area contributed by atoms with Crippen LogP contribution >= 0.6 is 0 Å². The molecule has 0 spiro atoms. The number of aryl methyl sites for hydroxylation is 1. The van der Waals surface area contributed by atoms with Gasteiger partial charge in [-0.1, -0.05) is 0 Å². The number of aromatic carboxylic acids is 1. The first-order valence-corrected chi connectivity index (χ1v) is 5.30. The average Bonchev–Trinajstić information content (AvgIpc) is 2.45. The van der Waals surface area contributed by atoms with E-state index in [0.29, 0.717) is 0 Å². The highest BCUT2D eigenvalue weighted by Gasteiger charge is 2.23. The minimum absolute atomic E-state index is 0.0875. The molecule has 1 aromatic rings. The summed E-state index contributed by atoms with van der Waals surface area (Å²) in [7, 11) is -3.40. The summed E-state index contributed by atoms with van der Waals surface area (Å²) >= 11 is 0. The Kier molecular flexibility index (Phi) is 1.71. The van der Waals surface area contributed by atoms with Gasteiger partial charge in [-0.3, -0.25) is 4.72 Å². The molecule has 0 fully saturated rings. The summed E-state index contributed by atoms with van der Waals surface area (Å²) < 4.78 is 25.3. The average molecular weight is 217 g/mol. The standard InChI is InChI=1S/C5H6N4O4S/c10-4(11)3-6-5-8-14(12,13)2-1-9(5)7-3/h1-2H2,(H,10,11)(H,6,7,8)/p-1. The first kappa shape index (κ1) is 8.94. The van der Waals surface area contributed by atoms with Gasteiger partial charge in [0, 0.05) is 0 Å². The van der Waals surface area contributed by atoms with Gasteiger partial charge in [0.05, 0.1) is 12.3 Å². The Balaban J connectivity index is 2.44. The number of anilines is 1. The zero-order valence-corrected chi connectivity index (χ0v) is 7.61.